The fourth-order valence-electron chi connectivity index (χ4n) is 3.63. The zero-order chi connectivity index (χ0) is 19.3. The van der Waals surface area contributed by atoms with E-state index >= 15 is 0 Å². The minimum atomic E-state index is -0.496. The van der Waals surface area contributed by atoms with Gasteiger partial charge in [-0.1, -0.05) is 72.8 Å². The molecule has 0 aliphatic carbocycles. The molecular weight excluding hydrogens is 348 g/mol. The van der Waals surface area contributed by atoms with E-state index in [1.165, 1.54) is 0 Å². The normalized spacial score (nSPS) is 16.5. The summed E-state index contributed by atoms with van der Waals surface area (Å²) in [6.45, 7) is 0.992. The average Bonchev–Trinajstić information content (AvgIpc) is 2.76. The van der Waals surface area contributed by atoms with Crippen LogP contribution in [0, 0.1) is 0 Å². The number of hydrogen-bond acceptors (Lipinski definition) is 2. The third kappa shape index (κ3) is 3.81. The second-order valence-electron chi connectivity index (χ2n) is 6.94. The van der Waals surface area contributed by atoms with Gasteiger partial charge in [-0.15, -0.1) is 0 Å². The molecule has 1 atom stereocenters. The molecule has 0 spiro atoms. The first-order chi connectivity index (χ1) is 13.7. The van der Waals surface area contributed by atoms with Crippen molar-refractivity contribution in [3.63, 3.8) is 0 Å². The lowest BCUT2D eigenvalue weighted by molar-refractivity contribution is -0.127. The van der Waals surface area contributed by atoms with E-state index in [0.29, 0.717) is 25.1 Å². The van der Waals surface area contributed by atoms with Gasteiger partial charge in [-0.2, -0.15) is 0 Å². The number of benzene rings is 3. The molecule has 1 heterocycles. The van der Waals surface area contributed by atoms with Crippen LogP contribution in [0.2, 0.25) is 0 Å². The molecule has 0 aromatic heterocycles. The number of carbonyl (C=O) groups is 2. The first-order valence-electron chi connectivity index (χ1n) is 9.50. The maximum Gasteiger partial charge on any atom is 0.254 e. The Morgan fingerprint density at radius 2 is 1.57 bits per heavy atom. The summed E-state index contributed by atoms with van der Waals surface area (Å²) in [6.07, 6.45) is 0.511. The Morgan fingerprint density at radius 1 is 0.893 bits per heavy atom. The van der Waals surface area contributed by atoms with Gasteiger partial charge in [0, 0.05) is 25.1 Å². The number of amides is 2. The predicted molar refractivity (Wildman–Crippen MR) is 110 cm³/mol. The van der Waals surface area contributed by atoms with Crippen molar-refractivity contribution in [1.29, 1.82) is 0 Å². The van der Waals surface area contributed by atoms with E-state index < -0.39 is 6.04 Å². The first-order valence-corrected chi connectivity index (χ1v) is 9.50. The predicted octanol–water partition coefficient (Wildman–Crippen LogP) is 3.54. The molecule has 2 amide bonds. The molecular formula is C24H22N2O2. The molecule has 3 aromatic rings. The third-order valence-electron chi connectivity index (χ3n) is 5.08. The van der Waals surface area contributed by atoms with E-state index in [1.807, 2.05) is 84.9 Å². The number of rotatable bonds is 4. The molecule has 1 aliphatic rings. The maximum atomic E-state index is 13.3. The van der Waals surface area contributed by atoms with Crippen LogP contribution in [0.15, 0.2) is 84.9 Å². The van der Waals surface area contributed by atoms with Crippen molar-refractivity contribution in [2.75, 3.05) is 13.1 Å². The van der Waals surface area contributed by atoms with E-state index in [2.05, 4.69) is 5.32 Å². The van der Waals surface area contributed by atoms with E-state index in [4.69, 9.17) is 0 Å². The largest absolute Gasteiger partial charge is 0.353 e. The summed E-state index contributed by atoms with van der Waals surface area (Å²) in [5.74, 6) is -0.198. The van der Waals surface area contributed by atoms with Gasteiger partial charge < -0.3 is 10.2 Å². The van der Waals surface area contributed by atoms with Gasteiger partial charge in [0.25, 0.3) is 5.91 Å². The van der Waals surface area contributed by atoms with E-state index in [9.17, 15) is 9.59 Å². The highest BCUT2D eigenvalue weighted by atomic mass is 16.2. The van der Waals surface area contributed by atoms with Crippen molar-refractivity contribution in [3.05, 3.63) is 96.1 Å². The maximum absolute atomic E-state index is 13.3. The highest BCUT2D eigenvalue weighted by Gasteiger charge is 2.33. The Labute approximate surface area is 164 Å². The summed E-state index contributed by atoms with van der Waals surface area (Å²) in [4.78, 5) is 27.5. The van der Waals surface area contributed by atoms with Crippen molar-refractivity contribution >= 4 is 11.8 Å². The van der Waals surface area contributed by atoms with Gasteiger partial charge in [-0.05, 0) is 28.8 Å². The van der Waals surface area contributed by atoms with Crippen LogP contribution in [0.5, 0.6) is 0 Å². The minimum absolute atomic E-state index is 0.0948. The van der Waals surface area contributed by atoms with Crippen LogP contribution in [0.3, 0.4) is 0 Å². The standard InChI is InChI=1S/C24H22N2O2/c27-23-22(16-18-8-3-1-4-9-18)26(15-14-25-23)24(28)21-13-7-12-20(17-21)19-10-5-2-6-11-19/h1-13,17,22H,14-16H2,(H,25,27)/t22-/m0/s1. The molecule has 140 valence electrons. The highest BCUT2D eigenvalue weighted by molar-refractivity contribution is 5.99. The second kappa shape index (κ2) is 8.09. The van der Waals surface area contributed by atoms with Gasteiger partial charge in [0.1, 0.15) is 6.04 Å². The van der Waals surface area contributed by atoms with Crippen LogP contribution in [0.25, 0.3) is 11.1 Å². The monoisotopic (exact) mass is 370 g/mol. The molecule has 4 heteroatoms. The molecule has 1 saturated heterocycles. The Morgan fingerprint density at radius 3 is 2.32 bits per heavy atom. The third-order valence-corrected chi connectivity index (χ3v) is 5.08. The van der Waals surface area contributed by atoms with E-state index in [1.54, 1.807) is 4.90 Å². The molecule has 1 N–H and O–H groups in total. The van der Waals surface area contributed by atoms with Crippen LogP contribution in [0.1, 0.15) is 15.9 Å². The quantitative estimate of drug-likeness (QED) is 0.764. The molecule has 4 rings (SSSR count). The fourth-order valence-corrected chi connectivity index (χ4v) is 3.63. The molecule has 0 radical (unpaired) electrons. The molecule has 4 nitrogen and oxygen atoms in total. The van der Waals surface area contributed by atoms with Gasteiger partial charge in [0.05, 0.1) is 0 Å². The molecule has 0 saturated carbocycles. The highest BCUT2D eigenvalue weighted by Crippen LogP contribution is 2.22. The fraction of sp³-hybridized carbons (Fsp3) is 0.167. The lowest BCUT2D eigenvalue weighted by Gasteiger charge is -2.35. The number of hydrogen-bond donors (Lipinski definition) is 1. The summed E-state index contributed by atoms with van der Waals surface area (Å²) < 4.78 is 0. The van der Waals surface area contributed by atoms with Crippen molar-refractivity contribution in [2.24, 2.45) is 0 Å². The Balaban J connectivity index is 1.61. The summed E-state index contributed by atoms with van der Waals surface area (Å²) in [6, 6.07) is 26.9. The molecule has 1 aliphatic heterocycles. The lowest BCUT2D eigenvalue weighted by atomic mass is 9.99. The number of nitrogens with zero attached hydrogens (tertiary/aromatic N) is 1. The second-order valence-corrected chi connectivity index (χ2v) is 6.94. The van der Waals surface area contributed by atoms with Crippen molar-refractivity contribution in [2.45, 2.75) is 12.5 Å². The Kier molecular flexibility index (Phi) is 5.20. The van der Waals surface area contributed by atoms with Crippen molar-refractivity contribution in [3.8, 4) is 11.1 Å². The molecule has 28 heavy (non-hydrogen) atoms. The van der Waals surface area contributed by atoms with Crippen LogP contribution < -0.4 is 5.32 Å². The van der Waals surface area contributed by atoms with E-state index in [0.717, 1.165) is 16.7 Å². The van der Waals surface area contributed by atoms with Gasteiger partial charge in [0.2, 0.25) is 5.91 Å². The molecule has 3 aromatic carbocycles. The minimum Gasteiger partial charge on any atom is -0.353 e. The van der Waals surface area contributed by atoms with E-state index in [-0.39, 0.29) is 11.8 Å². The summed E-state index contributed by atoms with van der Waals surface area (Å²) in [5, 5.41) is 2.89. The zero-order valence-electron chi connectivity index (χ0n) is 15.5. The number of carbonyl (C=O) groups excluding carboxylic acids is 2. The number of piperazine rings is 1. The summed E-state index contributed by atoms with van der Waals surface area (Å²) in [5.41, 5.74) is 3.70. The molecule has 0 unspecified atom stereocenters. The van der Waals surface area contributed by atoms with Gasteiger partial charge in [-0.3, -0.25) is 9.59 Å². The SMILES string of the molecule is O=C1NCCN(C(=O)c2cccc(-c3ccccc3)c2)[C@H]1Cc1ccccc1. The van der Waals surface area contributed by atoms with Crippen molar-refractivity contribution < 1.29 is 9.59 Å². The van der Waals surface area contributed by atoms with Crippen LogP contribution >= 0.6 is 0 Å². The molecule has 0 bridgehead atoms. The number of nitrogens with one attached hydrogen (secondary N) is 1. The van der Waals surface area contributed by atoms with Crippen LogP contribution in [0.4, 0.5) is 0 Å². The van der Waals surface area contributed by atoms with Gasteiger partial charge in [0.15, 0.2) is 0 Å². The molecule has 1 fully saturated rings. The van der Waals surface area contributed by atoms with Gasteiger partial charge >= 0.3 is 0 Å². The smallest absolute Gasteiger partial charge is 0.254 e. The van der Waals surface area contributed by atoms with Crippen LogP contribution in [-0.2, 0) is 11.2 Å². The zero-order valence-corrected chi connectivity index (χ0v) is 15.5. The first kappa shape index (κ1) is 18.0. The summed E-state index contributed by atoms with van der Waals surface area (Å²) >= 11 is 0. The van der Waals surface area contributed by atoms with Crippen molar-refractivity contribution in [1.82, 2.24) is 10.2 Å². The average molecular weight is 370 g/mol. The Hall–Kier alpha value is -3.40. The lowest BCUT2D eigenvalue weighted by Crippen LogP contribution is -2.58. The Bertz CT molecular complexity index is 970. The van der Waals surface area contributed by atoms with Gasteiger partial charge in [-0.25, -0.2) is 0 Å². The summed E-state index contributed by atoms with van der Waals surface area (Å²) in [7, 11) is 0. The van der Waals surface area contributed by atoms with Crippen LogP contribution in [-0.4, -0.2) is 35.8 Å². The topological polar surface area (TPSA) is 49.4 Å².